The van der Waals surface area contributed by atoms with Crippen molar-refractivity contribution in [3.63, 3.8) is 0 Å². The second kappa shape index (κ2) is 53.6. The number of aromatic nitrogens is 10. The molecule has 0 unspecified atom stereocenters. The van der Waals surface area contributed by atoms with Crippen molar-refractivity contribution in [1.29, 1.82) is 0 Å². The third-order valence-electron chi connectivity index (χ3n) is 22.9. The van der Waals surface area contributed by atoms with Crippen molar-refractivity contribution in [2.75, 3.05) is 217 Å². The van der Waals surface area contributed by atoms with Gasteiger partial charge in [-0.3, -0.25) is 19.2 Å². The first kappa shape index (κ1) is 108. The van der Waals surface area contributed by atoms with Gasteiger partial charge < -0.3 is 159 Å². The summed E-state index contributed by atoms with van der Waals surface area (Å²) in [5, 5.41) is 41.6. The number of ether oxygens (including phenoxy) is 28. The highest BCUT2D eigenvalue weighted by molar-refractivity contribution is 8.76. The molecule has 9 aliphatic rings. The highest BCUT2D eigenvalue weighted by atomic mass is 33.1. The lowest BCUT2D eigenvalue weighted by molar-refractivity contribution is -0.214. The van der Waals surface area contributed by atoms with Gasteiger partial charge in [-0.05, 0) is 77.3 Å². The van der Waals surface area contributed by atoms with E-state index in [-0.39, 0.29) is 116 Å². The van der Waals surface area contributed by atoms with Gasteiger partial charge in [0.2, 0.25) is 23.6 Å². The number of nitrogens with one attached hydrogen (secondary N) is 5. The molecule has 15 atom stereocenters. The van der Waals surface area contributed by atoms with Gasteiger partial charge in [0.1, 0.15) is 106 Å². The zero-order chi connectivity index (χ0) is 96.4. The Hall–Kier alpha value is -6.66. The number of carbonyl (C=O) groups is 5. The van der Waals surface area contributed by atoms with Crippen LogP contribution < -0.4 is 26.6 Å². The lowest BCUT2D eigenvalue weighted by Gasteiger charge is -2.42. The van der Waals surface area contributed by atoms with Crippen LogP contribution in [-0.4, -0.2) is 410 Å². The molecule has 50 heteroatoms. The first-order valence-electron chi connectivity index (χ1n) is 46.8. The summed E-state index contributed by atoms with van der Waals surface area (Å²) < 4.78 is 174. The van der Waals surface area contributed by atoms with Crippen molar-refractivity contribution in [2.45, 2.75) is 246 Å². The maximum absolute atomic E-state index is 14.3. The largest absolute Gasteiger partial charge is 0.449 e. The Bertz CT molecular complexity index is 3950. The monoisotopic (exact) mass is 1980 g/mol. The van der Waals surface area contributed by atoms with Crippen molar-refractivity contribution >= 4 is 51.3 Å². The van der Waals surface area contributed by atoms with E-state index < -0.39 is 119 Å². The topological polar surface area (TPSA) is 509 Å². The van der Waals surface area contributed by atoms with E-state index in [2.05, 4.69) is 62.5 Å². The average molecular weight is 1990 g/mol. The number of hydrogen-bond acceptors (Lipinski definition) is 42. The molecule has 0 aliphatic carbocycles. The molecule has 6 bridgehead atoms. The second-order valence-corrected chi connectivity index (χ2v) is 38.1. The Labute approximate surface area is 803 Å². The molecule has 4 aromatic rings. The summed E-state index contributed by atoms with van der Waals surface area (Å²) in [4.78, 5) is 67.2. The summed E-state index contributed by atoms with van der Waals surface area (Å²) in [6.45, 7) is 24.7. The molecule has 13 rings (SSSR count). The van der Waals surface area contributed by atoms with E-state index in [0.717, 1.165) is 5.03 Å². The Kier molecular flexibility index (Phi) is 42.1. The van der Waals surface area contributed by atoms with Crippen LogP contribution in [0.2, 0.25) is 0 Å². The number of alkyl carbamates (subject to hydrolysis) is 1. The standard InChI is InChI=1S/C87H137N15O33S2/c1-60(103)90-68-71-74(130-81(4,5)127-71)85(57-124-77(68)133-85)54-117-40-37-114-34-31-111-28-25-108-22-19-100-45-63(94-97-100)48-120-51-84(93-66(106)15-11-10-13-18-89-80(107)123-43-44-136-137-67-16-12-14-17-88-67,52-121-49-64-46-101(98-95-64)20-23-109-26-29-112-32-35-115-38-41-118-55-86-58-125-78(134-86)69(91-61(2)104)72-75(86)131-82(6,7)128-72)53-122-50-65-47-102(99-96-65)21-24-110-27-30-113-33-36-116-39-42-119-56-87-59-126-79(135-87)70(92-62(3)105)73-76(87)132-83(8,9)129-73/h12,14,16-17,45-47,68-79H,10-11,13,15,18-44,48-59H2,1-9H3,(H,89,107)(H,90,103)(H,91,104)(H,92,105)(H,93,106)/t68-,69-,70-,71-,72-,73-,74-,75-,76-,77+,78+,79+,85+,86+,87+/m1/s1. The molecule has 5 N–H and O–H groups in total. The predicted octanol–water partition coefficient (Wildman–Crippen LogP) is 1.04. The van der Waals surface area contributed by atoms with E-state index in [4.69, 9.17) is 133 Å². The van der Waals surface area contributed by atoms with Gasteiger partial charge in [0.15, 0.2) is 36.2 Å². The third-order valence-corrected chi connectivity index (χ3v) is 25.1. The van der Waals surface area contributed by atoms with Crippen LogP contribution in [0.5, 0.6) is 0 Å². The van der Waals surface area contributed by atoms with Crippen LogP contribution in [0.4, 0.5) is 4.79 Å². The molecule has 48 nitrogen and oxygen atoms in total. The van der Waals surface area contributed by atoms with Gasteiger partial charge in [0, 0.05) is 45.7 Å². The minimum absolute atomic E-state index is 0.00303. The Morgan fingerprint density at radius 1 is 0.423 bits per heavy atom. The summed E-state index contributed by atoms with van der Waals surface area (Å²) in [6, 6.07) is 4.11. The van der Waals surface area contributed by atoms with E-state index in [0.29, 0.717) is 207 Å². The van der Waals surface area contributed by atoms with Crippen LogP contribution in [0.15, 0.2) is 48.0 Å². The highest BCUT2D eigenvalue weighted by Gasteiger charge is 2.69. The molecule has 0 aromatic carbocycles. The molecule has 13 heterocycles. The number of carbonyl (C=O) groups excluding carboxylic acids is 5. The SMILES string of the molecule is CC(=O)N[C@H]1[C@H]2OC[C@](COCCOCCOCCOCCn3cc(COCC(COCc4cn(CCOCCOCCOCCOC[C@@]56CO[C@@H](O5)[C@H](NC(C)=O)[C@H]5OC(C)(C)O[C@H]56)nn4)(COCc4cn(CCOCCOCCOCCOC[C@@]56CO[C@@H](O5)[C@H](NC(C)=O)[C@H]5OC(C)(C)O[C@H]56)nn4)NC(=O)CCCCCNC(=O)OCCSSc4ccccn4)nn3)(O2)[C@@H]2OC(C)(C)O[C@H]12. The van der Waals surface area contributed by atoms with E-state index >= 15 is 0 Å². The van der Waals surface area contributed by atoms with Gasteiger partial charge in [0.25, 0.3) is 0 Å². The van der Waals surface area contributed by atoms with Crippen molar-refractivity contribution in [1.82, 2.24) is 76.5 Å². The van der Waals surface area contributed by atoms with Crippen LogP contribution in [0.3, 0.4) is 0 Å². The van der Waals surface area contributed by atoms with Crippen molar-refractivity contribution in [3.8, 4) is 0 Å². The molecule has 5 amide bonds. The number of pyridine rings is 1. The molecular formula is C87H137N15O33S2. The van der Waals surface area contributed by atoms with Crippen LogP contribution in [0, 0.1) is 0 Å². The van der Waals surface area contributed by atoms with Crippen LogP contribution in [0.1, 0.15) is 105 Å². The number of unbranched alkanes of at least 4 members (excludes halogenated alkanes) is 2. The smallest absolute Gasteiger partial charge is 0.407 e. The first-order chi connectivity index (χ1) is 66.3. The normalized spacial score (nSPS) is 26.8. The average Bonchev–Trinajstić information content (AvgIpc) is 1.58. The Balaban J connectivity index is 0.538. The molecule has 0 spiro atoms. The number of amides is 5. The molecule has 0 saturated carbocycles. The molecule has 0 radical (unpaired) electrons. The van der Waals surface area contributed by atoms with Crippen molar-refractivity contribution in [2.24, 2.45) is 0 Å². The van der Waals surface area contributed by atoms with E-state index in [9.17, 15) is 24.0 Å². The van der Waals surface area contributed by atoms with Gasteiger partial charge in [-0.15, -0.1) is 15.3 Å². The molecule has 9 saturated heterocycles. The summed E-state index contributed by atoms with van der Waals surface area (Å²) in [7, 11) is 3.05. The number of nitrogens with zero attached hydrogens (tertiary/aromatic N) is 10. The molecule has 4 aromatic heterocycles. The van der Waals surface area contributed by atoms with E-state index in [1.54, 1.807) is 38.8 Å². The van der Waals surface area contributed by atoms with Crippen molar-refractivity contribution < 1.29 is 157 Å². The molecule has 9 fully saturated rings. The lowest BCUT2D eigenvalue weighted by Crippen LogP contribution is -2.65. The first-order valence-corrected chi connectivity index (χ1v) is 49.1. The second-order valence-electron chi connectivity index (χ2n) is 35.7. The summed E-state index contributed by atoms with van der Waals surface area (Å²) in [5.41, 5.74) is -2.48. The highest BCUT2D eigenvalue weighted by Crippen LogP contribution is 2.50. The van der Waals surface area contributed by atoms with Gasteiger partial charge in [-0.2, -0.15) is 0 Å². The fourth-order valence-electron chi connectivity index (χ4n) is 16.9. The maximum atomic E-state index is 14.3. The van der Waals surface area contributed by atoms with Crippen LogP contribution in [-0.2, 0) is 191 Å². The Morgan fingerprint density at radius 2 is 0.774 bits per heavy atom. The molecule has 137 heavy (non-hydrogen) atoms. The number of rotatable bonds is 69. The fraction of sp³-hybridized carbons (Fsp3) is 0.816. The van der Waals surface area contributed by atoms with Crippen molar-refractivity contribution in [3.05, 3.63) is 60.1 Å². The predicted molar refractivity (Wildman–Crippen MR) is 475 cm³/mol. The van der Waals surface area contributed by atoms with Gasteiger partial charge >= 0.3 is 6.09 Å². The van der Waals surface area contributed by atoms with E-state index in [1.165, 1.54) is 42.4 Å². The van der Waals surface area contributed by atoms with E-state index in [1.807, 2.05) is 59.7 Å². The zero-order valence-electron chi connectivity index (χ0n) is 79.6. The number of fused-ring (bicyclic) bond motifs is 12. The van der Waals surface area contributed by atoms with Crippen LogP contribution >= 0.6 is 21.6 Å². The van der Waals surface area contributed by atoms with Crippen LogP contribution in [0.25, 0.3) is 0 Å². The molecular weight excluding hydrogens is 1850 g/mol. The quantitative estimate of drug-likeness (QED) is 0.0304. The lowest BCUT2D eigenvalue weighted by atomic mass is 9.88. The minimum atomic E-state index is -1.31. The van der Waals surface area contributed by atoms with Gasteiger partial charge in [0.05, 0.1) is 256 Å². The minimum Gasteiger partial charge on any atom is -0.449 e. The Morgan fingerprint density at radius 3 is 1.12 bits per heavy atom. The maximum Gasteiger partial charge on any atom is 0.407 e. The summed E-state index contributed by atoms with van der Waals surface area (Å²) in [6.07, 6.45) is 3.25. The zero-order valence-corrected chi connectivity index (χ0v) is 81.3. The summed E-state index contributed by atoms with van der Waals surface area (Å²) >= 11 is 0. The van der Waals surface area contributed by atoms with Gasteiger partial charge in [-0.25, -0.2) is 23.8 Å². The molecule has 770 valence electrons. The van der Waals surface area contributed by atoms with Gasteiger partial charge in [-0.1, -0.05) is 38.9 Å². The molecule has 9 aliphatic heterocycles. The number of hydrogen-bond donors (Lipinski definition) is 5. The summed E-state index contributed by atoms with van der Waals surface area (Å²) in [5.74, 6) is -3.02. The third kappa shape index (κ3) is 33.2. The fourth-order valence-corrected chi connectivity index (χ4v) is 18.6.